The summed E-state index contributed by atoms with van der Waals surface area (Å²) in [5.41, 5.74) is 6.36. The number of rotatable bonds is 6. The summed E-state index contributed by atoms with van der Waals surface area (Å²) in [5.74, 6) is 1.51. The van der Waals surface area contributed by atoms with E-state index >= 15 is 0 Å². The second-order valence-corrected chi connectivity index (χ2v) is 7.14. The van der Waals surface area contributed by atoms with Crippen molar-refractivity contribution in [1.29, 1.82) is 0 Å². The fraction of sp³-hybridized carbons (Fsp3) is 0.389. The number of carbonyl (C=O) groups excluding carboxylic acids is 2. The number of aromatic nitrogens is 1. The molecule has 2 aromatic rings. The summed E-state index contributed by atoms with van der Waals surface area (Å²) in [6, 6.07) is 9.08. The number of pyridine rings is 1. The Morgan fingerprint density at radius 2 is 2.12 bits per heavy atom. The lowest BCUT2D eigenvalue weighted by atomic mass is 10.1. The van der Waals surface area contributed by atoms with Crippen LogP contribution in [-0.2, 0) is 4.79 Å². The smallest absolute Gasteiger partial charge is 0.269 e. The van der Waals surface area contributed by atoms with Crippen molar-refractivity contribution in [2.75, 3.05) is 24.7 Å². The highest BCUT2D eigenvalue weighted by molar-refractivity contribution is 7.99. The molecule has 1 saturated heterocycles. The number of carbonyl (C=O) groups is 2. The van der Waals surface area contributed by atoms with Gasteiger partial charge in [-0.3, -0.25) is 14.6 Å². The molecular formula is C18H22N4O2S. The van der Waals surface area contributed by atoms with E-state index in [-0.39, 0.29) is 11.8 Å². The molecule has 1 aliphatic rings. The number of hydrogen-bond acceptors (Lipinski definition) is 5. The summed E-state index contributed by atoms with van der Waals surface area (Å²) >= 11 is 1.74. The Labute approximate surface area is 151 Å². The molecule has 0 saturated carbocycles. The second-order valence-electron chi connectivity index (χ2n) is 6.06. The van der Waals surface area contributed by atoms with E-state index in [0.29, 0.717) is 25.1 Å². The maximum atomic E-state index is 12.2. The summed E-state index contributed by atoms with van der Waals surface area (Å²) in [6.45, 7) is 1.25. The molecule has 1 aromatic heterocycles. The Bertz CT molecular complexity index is 762. The molecule has 6 nitrogen and oxygen atoms in total. The highest BCUT2D eigenvalue weighted by Gasteiger charge is 2.23. The Kier molecular flexibility index (Phi) is 5.88. The average Bonchev–Trinajstić information content (AvgIpc) is 3.18. The minimum atomic E-state index is -0.491. The van der Waals surface area contributed by atoms with Crippen molar-refractivity contribution in [2.45, 2.75) is 18.9 Å². The predicted molar refractivity (Wildman–Crippen MR) is 100 cm³/mol. The van der Waals surface area contributed by atoms with Gasteiger partial charge in [0, 0.05) is 30.4 Å². The predicted octanol–water partition coefficient (Wildman–Crippen LogP) is 1.60. The number of fused-ring (bicyclic) bond motifs is 1. The molecule has 3 N–H and O–H groups in total. The first-order valence-electron chi connectivity index (χ1n) is 8.40. The van der Waals surface area contributed by atoms with Crippen molar-refractivity contribution < 1.29 is 9.59 Å². The maximum Gasteiger partial charge on any atom is 0.269 e. The van der Waals surface area contributed by atoms with Crippen LogP contribution in [0.3, 0.4) is 0 Å². The maximum absolute atomic E-state index is 12.2. The lowest BCUT2D eigenvalue weighted by Crippen LogP contribution is -2.42. The first-order chi connectivity index (χ1) is 12.1. The molecule has 2 amide bonds. The highest BCUT2D eigenvalue weighted by atomic mass is 32.2. The SMILES string of the molecule is NC(CCCNC(=O)c1cc2ccccc2cn1)C(=O)N1CCSC1. The van der Waals surface area contributed by atoms with E-state index in [0.717, 1.165) is 28.9 Å². The van der Waals surface area contributed by atoms with E-state index in [2.05, 4.69) is 10.3 Å². The molecule has 132 valence electrons. The van der Waals surface area contributed by atoms with E-state index in [1.54, 1.807) is 28.9 Å². The van der Waals surface area contributed by atoms with Crippen molar-refractivity contribution in [3.05, 3.63) is 42.2 Å². The number of nitrogens with two attached hydrogens (primary N) is 1. The number of nitrogens with one attached hydrogen (secondary N) is 1. The van der Waals surface area contributed by atoms with Crippen LogP contribution in [0.4, 0.5) is 0 Å². The van der Waals surface area contributed by atoms with E-state index in [9.17, 15) is 9.59 Å². The van der Waals surface area contributed by atoms with Crippen LogP contribution in [0.5, 0.6) is 0 Å². The van der Waals surface area contributed by atoms with Gasteiger partial charge in [0.1, 0.15) is 5.69 Å². The fourth-order valence-electron chi connectivity index (χ4n) is 2.77. The van der Waals surface area contributed by atoms with Gasteiger partial charge in [-0.25, -0.2) is 0 Å². The van der Waals surface area contributed by atoms with Crippen LogP contribution in [0.15, 0.2) is 36.5 Å². The quantitative estimate of drug-likeness (QED) is 0.766. The third kappa shape index (κ3) is 4.49. The molecule has 1 aliphatic heterocycles. The summed E-state index contributed by atoms with van der Waals surface area (Å²) in [7, 11) is 0. The van der Waals surface area contributed by atoms with Crippen LogP contribution in [-0.4, -0.2) is 52.5 Å². The molecular weight excluding hydrogens is 336 g/mol. The van der Waals surface area contributed by atoms with Gasteiger partial charge in [0.15, 0.2) is 0 Å². The number of nitrogens with zero attached hydrogens (tertiary/aromatic N) is 2. The first-order valence-corrected chi connectivity index (χ1v) is 9.56. The molecule has 25 heavy (non-hydrogen) atoms. The Hall–Kier alpha value is -2.12. The molecule has 0 bridgehead atoms. The van der Waals surface area contributed by atoms with Gasteiger partial charge in [0.25, 0.3) is 5.91 Å². The summed E-state index contributed by atoms with van der Waals surface area (Å²) < 4.78 is 0. The first kappa shape index (κ1) is 17.7. The normalized spacial score (nSPS) is 15.3. The Balaban J connectivity index is 1.44. The molecule has 1 atom stereocenters. The summed E-state index contributed by atoms with van der Waals surface area (Å²) in [4.78, 5) is 30.3. The van der Waals surface area contributed by atoms with Gasteiger partial charge >= 0.3 is 0 Å². The van der Waals surface area contributed by atoms with Gasteiger partial charge in [-0.15, -0.1) is 11.8 Å². The largest absolute Gasteiger partial charge is 0.351 e. The van der Waals surface area contributed by atoms with Gasteiger partial charge in [-0.05, 0) is 24.3 Å². The number of thioether (sulfide) groups is 1. The minimum absolute atomic E-state index is 0.00697. The fourth-order valence-corrected chi connectivity index (χ4v) is 3.72. The van der Waals surface area contributed by atoms with Crippen LogP contribution >= 0.6 is 11.8 Å². The van der Waals surface area contributed by atoms with Crippen LogP contribution in [0, 0.1) is 0 Å². The number of amides is 2. The van der Waals surface area contributed by atoms with Crippen molar-refractivity contribution in [3.8, 4) is 0 Å². The van der Waals surface area contributed by atoms with Crippen molar-refractivity contribution >= 4 is 34.3 Å². The molecule has 0 spiro atoms. The zero-order valence-corrected chi connectivity index (χ0v) is 14.8. The van der Waals surface area contributed by atoms with Gasteiger partial charge in [-0.1, -0.05) is 24.3 Å². The van der Waals surface area contributed by atoms with Crippen LogP contribution in [0.25, 0.3) is 10.8 Å². The van der Waals surface area contributed by atoms with Crippen molar-refractivity contribution in [1.82, 2.24) is 15.2 Å². The highest BCUT2D eigenvalue weighted by Crippen LogP contribution is 2.15. The van der Waals surface area contributed by atoms with E-state index in [1.165, 1.54) is 0 Å². The summed E-state index contributed by atoms with van der Waals surface area (Å²) in [6.07, 6.45) is 2.92. The van der Waals surface area contributed by atoms with Crippen molar-refractivity contribution in [2.24, 2.45) is 5.73 Å². The lowest BCUT2D eigenvalue weighted by Gasteiger charge is -2.19. The number of hydrogen-bond donors (Lipinski definition) is 2. The molecule has 1 fully saturated rings. The third-order valence-corrected chi connectivity index (χ3v) is 5.19. The molecule has 2 heterocycles. The van der Waals surface area contributed by atoms with Crippen LogP contribution in [0.1, 0.15) is 23.3 Å². The molecule has 3 rings (SSSR count). The van der Waals surface area contributed by atoms with E-state index < -0.39 is 6.04 Å². The average molecular weight is 358 g/mol. The number of benzene rings is 1. The van der Waals surface area contributed by atoms with E-state index in [4.69, 9.17) is 5.73 Å². The van der Waals surface area contributed by atoms with Crippen molar-refractivity contribution in [3.63, 3.8) is 0 Å². The Morgan fingerprint density at radius 1 is 1.32 bits per heavy atom. The standard InChI is InChI=1S/C18H22N4O2S/c19-15(18(24)22-8-9-25-12-22)6-3-7-20-17(23)16-10-13-4-1-2-5-14(13)11-21-16/h1-2,4-5,10-11,15H,3,6-9,12,19H2,(H,20,23). The van der Waals surface area contributed by atoms with Gasteiger partial charge in [0.05, 0.1) is 11.9 Å². The topological polar surface area (TPSA) is 88.3 Å². The monoisotopic (exact) mass is 358 g/mol. The van der Waals surface area contributed by atoms with Crippen LogP contribution in [0.2, 0.25) is 0 Å². The molecule has 7 heteroatoms. The molecule has 1 unspecified atom stereocenters. The molecule has 0 aliphatic carbocycles. The van der Waals surface area contributed by atoms with Gasteiger partial charge in [-0.2, -0.15) is 0 Å². The second kappa shape index (κ2) is 8.31. The molecule has 1 aromatic carbocycles. The van der Waals surface area contributed by atoms with Gasteiger partial charge in [0.2, 0.25) is 5.91 Å². The summed E-state index contributed by atoms with van der Waals surface area (Å²) in [5, 5.41) is 4.83. The van der Waals surface area contributed by atoms with E-state index in [1.807, 2.05) is 24.3 Å². The zero-order valence-electron chi connectivity index (χ0n) is 14.0. The minimum Gasteiger partial charge on any atom is -0.351 e. The van der Waals surface area contributed by atoms with Gasteiger partial charge < -0.3 is 16.0 Å². The zero-order chi connectivity index (χ0) is 17.6. The van der Waals surface area contributed by atoms with Crippen LogP contribution < -0.4 is 11.1 Å². The Morgan fingerprint density at radius 3 is 2.88 bits per heavy atom. The molecule has 0 radical (unpaired) electrons. The lowest BCUT2D eigenvalue weighted by molar-refractivity contribution is -0.131. The third-order valence-electron chi connectivity index (χ3n) is 4.22.